The number of nitrogens with zero attached hydrogens (tertiary/aromatic N) is 1. The van der Waals surface area contributed by atoms with Crippen LogP contribution < -0.4 is 9.47 Å². The van der Waals surface area contributed by atoms with Crippen molar-refractivity contribution >= 4 is 10.9 Å². The molecule has 0 aliphatic carbocycles. The summed E-state index contributed by atoms with van der Waals surface area (Å²) in [6, 6.07) is 0. The standard InChI is InChI=1S/C5H7NO3S/c1-8-4-3-10(7)6-5(4)9-2/h3H,1-2H3. The van der Waals surface area contributed by atoms with E-state index in [1.807, 2.05) is 0 Å². The first-order valence-electron chi connectivity index (χ1n) is 2.57. The van der Waals surface area contributed by atoms with E-state index in [2.05, 4.69) is 4.37 Å². The van der Waals surface area contributed by atoms with E-state index < -0.39 is 10.9 Å². The Morgan fingerprint density at radius 3 is 2.60 bits per heavy atom. The minimum Gasteiger partial charge on any atom is -0.569 e. The van der Waals surface area contributed by atoms with Crippen LogP contribution in [0.1, 0.15) is 0 Å². The van der Waals surface area contributed by atoms with Gasteiger partial charge >= 0.3 is 5.88 Å². The van der Waals surface area contributed by atoms with Crippen LogP contribution >= 0.6 is 10.9 Å². The molecule has 0 aliphatic rings. The average Bonchev–Trinajstić information content (AvgIpc) is 2.30. The molecule has 0 amide bonds. The number of rotatable bonds is 2. The largest absolute Gasteiger partial charge is 0.569 e. The van der Waals surface area contributed by atoms with Crippen LogP contribution in [0.5, 0.6) is 11.6 Å². The number of ether oxygens (including phenoxy) is 2. The first kappa shape index (κ1) is 7.30. The fraction of sp³-hybridized carbons (Fsp3) is 0.400. The summed E-state index contributed by atoms with van der Waals surface area (Å²) >= 11 is 0. The van der Waals surface area contributed by atoms with Gasteiger partial charge in [-0.3, -0.25) is 0 Å². The van der Waals surface area contributed by atoms with Crippen molar-refractivity contribution in [2.24, 2.45) is 0 Å². The molecule has 1 atom stereocenters. The normalized spacial score (nSPS) is 11.3. The van der Waals surface area contributed by atoms with Gasteiger partial charge in [-0.1, -0.05) is 0 Å². The molecule has 0 fully saturated rings. The Bertz CT molecular complexity index is 201. The van der Waals surface area contributed by atoms with Crippen LogP contribution in [0.4, 0.5) is 0 Å². The van der Waals surface area contributed by atoms with Gasteiger partial charge in [0.2, 0.25) is 11.1 Å². The van der Waals surface area contributed by atoms with Crippen LogP contribution in [-0.2, 0) is 0 Å². The van der Waals surface area contributed by atoms with Crippen LogP contribution in [0, 0.1) is 0 Å². The quantitative estimate of drug-likeness (QED) is 0.603. The van der Waals surface area contributed by atoms with E-state index in [9.17, 15) is 4.55 Å². The number of aromatic nitrogens is 1. The summed E-state index contributed by atoms with van der Waals surface area (Å²) in [5.41, 5.74) is 0. The van der Waals surface area contributed by atoms with Crippen LogP contribution in [0.15, 0.2) is 5.38 Å². The molecule has 1 aromatic rings. The van der Waals surface area contributed by atoms with Crippen molar-refractivity contribution in [2.75, 3.05) is 14.2 Å². The van der Waals surface area contributed by atoms with Gasteiger partial charge in [0.25, 0.3) is 0 Å². The van der Waals surface area contributed by atoms with E-state index in [-0.39, 0.29) is 0 Å². The molecule has 0 aliphatic heterocycles. The molecule has 56 valence electrons. The molecule has 0 spiro atoms. The van der Waals surface area contributed by atoms with Gasteiger partial charge in [0, 0.05) is 4.37 Å². The van der Waals surface area contributed by atoms with Crippen molar-refractivity contribution in [2.45, 2.75) is 0 Å². The van der Waals surface area contributed by atoms with Crippen molar-refractivity contribution in [3.8, 4) is 11.6 Å². The van der Waals surface area contributed by atoms with Crippen LogP contribution in [0.3, 0.4) is 0 Å². The second-order valence-corrected chi connectivity index (χ2v) is 2.53. The Hall–Kier alpha value is -0.810. The van der Waals surface area contributed by atoms with Crippen molar-refractivity contribution < 1.29 is 14.0 Å². The topological polar surface area (TPSA) is 54.4 Å². The Morgan fingerprint density at radius 2 is 2.20 bits per heavy atom. The van der Waals surface area contributed by atoms with Crippen molar-refractivity contribution in [3.05, 3.63) is 5.38 Å². The van der Waals surface area contributed by atoms with Gasteiger partial charge in [0.05, 0.1) is 25.2 Å². The second-order valence-electron chi connectivity index (χ2n) is 1.56. The van der Waals surface area contributed by atoms with E-state index in [0.717, 1.165) is 0 Å². The maximum atomic E-state index is 10.7. The highest BCUT2D eigenvalue weighted by Gasteiger charge is 2.12. The highest BCUT2D eigenvalue weighted by molar-refractivity contribution is 7.18. The zero-order valence-corrected chi connectivity index (χ0v) is 6.47. The molecule has 1 unspecified atom stereocenters. The highest BCUT2D eigenvalue weighted by Crippen LogP contribution is 2.30. The molecule has 1 aromatic heterocycles. The summed E-state index contributed by atoms with van der Waals surface area (Å²) in [6.45, 7) is 0. The molecule has 0 aromatic carbocycles. The fourth-order valence-electron chi connectivity index (χ4n) is 0.568. The first-order valence-corrected chi connectivity index (χ1v) is 3.74. The van der Waals surface area contributed by atoms with E-state index in [4.69, 9.17) is 9.47 Å². The number of hydrogen-bond acceptors (Lipinski definition) is 4. The lowest BCUT2D eigenvalue weighted by atomic mass is 10.6. The van der Waals surface area contributed by atoms with Gasteiger partial charge in [-0.2, -0.15) is 0 Å². The zero-order chi connectivity index (χ0) is 7.56. The molecule has 0 N–H and O–H groups in total. The lowest BCUT2D eigenvalue weighted by molar-refractivity contribution is 0.348. The monoisotopic (exact) mass is 161 g/mol. The molecule has 5 heteroatoms. The molecular weight excluding hydrogens is 154 g/mol. The molecule has 4 nitrogen and oxygen atoms in total. The van der Waals surface area contributed by atoms with Gasteiger partial charge in [-0.15, -0.1) is 0 Å². The van der Waals surface area contributed by atoms with Gasteiger partial charge < -0.3 is 14.0 Å². The Kier molecular flexibility index (Phi) is 2.08. The summed E-state index contributed by atoms with van der Waals surface area (Å²) < 4.78 is 23.8. The minimum atomic E-state index is -1.31. The predicted octanol–water partition coefficient (Wildman–Crippen LogP) is 0.826. The fourth-order valence-corrected chi connectivity index (χ4v) is 1.33. The van der Waals surface area contributed by atoms with E-state index in [1.54, 1.807) is 0 Å². The van der Waals surface area contributed by atoms with Gasteiger partial charge in [-0.05, 0) is 0 Å². The third-order valence-electron chi connectivity index (χ3n) is 1.00. The maximum absolute atomic E-state index is 10.7. The Balaban J connectivity index is 2.96. The Labute approximate surface area is 61.4 Å². The van der Waals surface area contributed by atoms with Crippen molar-refractivity contribution in [1.82, 2.24) is 4.37 Å². The summed E-state index contributed by atoms with van der Waals surface area (Å²) in [5.74, 6) is 0.724. The smallest absolute Gasteiger partial charge is 0.314 e. The molecule has 1 heterocycles. The summed E-state index contributed by atoms with van der Waals surface area (Å²) in [4.78, 5) is 0. The molecule has 0 saturated heterocycles. The van der Waals surface area contributed by atoms with Crippen LogP contribution in [0.25, 0.3) is 0 Å². The average molecular weight is 161 g/mol. The summed E-state index contributed by atoms with van der Waals surface area (Å²) in [5, 5.41) is 1.39. The first-order chi connectivity index (χ1) is 4.77. The summed E-state index contributed by atoms with van der Waals surface area (Å²) in [6.07, 6.45) is 0. The van der Waals surface area contributed by atoms with E-state index >= 15 is 0 Å². The van der Waals surface area contributed by atoms with Crippen molar-refractivity contribution in [3.63, 3.8) is 0 Å². The highest BCUT2D eigenvalue weighted by atomic mass is 32.2. The molecule has 10 heavy (non-hydrogen) atoms. The van der Waals surface area contributed by atoms with E-state index in [0.29, 0.717) is 11.6 Å². The van der Waals surface area contributed by atoms with Gasteiger partial charge in [-0.25, -0.2) is 0 Å². The molecule has 0 saturated carbocycles. The third-order valence-corrected chi connectivity index (χ3v) is 1.77. The second kappa shape index (κ2) is 2.85. The van der Waals surface area contributed by atoms with Crippen molar-refractivity contribution in [1.29, 1.82) is 0 Å². The lowest BCUT2D eigenvalue weighted by Gasteiger charge is -1.92. The molecule has 0 radical (unpaired) electrons. The SMILES string of the molecule is COc1c[s+]([O-])nc1OC. The third kappa shape index (κ3) is 1.19. The minimum absolute atomic E-state index is 0.292. The number of methoxy groups -OCH3 is 2. The van der Waals surface area contributed by atoms with Crippen LogP contribution in [0.2, 0.25) is 0 Å². The van der Waals surface area contributed by atoms with Gasteiger partial charge in [0.15, 0.2) is 0 Å². The molecule has 1 rings (SSSR count). The maximum Gasteiger partial charge on any atom is 0.314 e. The molecular formula is C5H7NO3S. The van der Waals surface area contributed by atoms with E-state index in [1.165, 1.54) is 19.6 Å². The van der Waals surface area contributed by atoms with Crippen LogP contribution in [-0.4, -0.2) is 23.1 Å². The predicted molar refractivity (Wildman–Crippen MR) is 36.0 cm³/mol. The summed E-state index contributed by atoms with van der Waals surface area (Å²) in [7, 11) is 1.62. The number of hydrogen-bond donors (Lipinski definition) is 0. The lowest BCUT2D eigenvalue weighted by Crippen LogP contribution is -1.86. The van der Waals surface area contributed by atoms with Gasteiger partial charge in [0.1, 0.15) is 0 Å². The zero-order valence-electron chi connectivity index (χ0n) is 5.66. The molecule has 0 bridgehead atoms. The Morgan fingerprint density at radius 1 is 1.50 bits per heavy atom.